The fourth-order valence-corrected chi connectivity index (χ4v) is 2.06. The van der Waals surface area contributed by atoms with E-state index in [-0.39, 0.29) is 0 Å². The molecule has 2 aromatic carbocycles. The van der Waals surface area contributed by atoms with Gasteiger partial charge in [0.15, 0.2) is 0 Å². The molecule has 86 valence electrons. The Bertz CT molecular complexity index is 516. The van der Waals surface area contributed by atoms with E-state index in [1.165, 1.54) is 26.7 Å². The van der Waals surface area contributed by atoms with Gasteiger partial charge in [0.2, 0.25) is 0 Å². The van der Waals surface area contributed by atoms with Gasteiger partial charge in [0.05, 0.1) is 0 Å². The predicted octanol–water partition coefficient (Wildman–Crippen LogP) is 5.24. The first kappa shape index (κ1) is 12.1. The van der Waals surface area contributed by atoms with Crippen LogP contribution in [0.2, 0.25) is 0 Å². The average Bonchev–Trinajstić information content (AvgIpc) is 2.34. The van der Waals surface area contributed by atoms with E-state index in [1.807, 2.05) is 6.07 Å². The first-order chi connectivity index (χ1) is 8.16. The third kappa shape index (κ3) is 3.07. The van der Waals surface area contributed by atoms with E-state index in [1.54, 1.807) is 0 Å². The molecule has 0 saturated heterocycles. The summed E-state index contributed by atoms with van der Waals surface area (Å²) in [6.07, 6.45) is 4.30. The molecule has 2 rings (SSSR count). The zero-order valence-electron chi connectivity index (χ0n) is 10.1. The minimum absolute atomic E-state index is 1.20. The van der Waals surface area contributed by atoms with Gasteiger partial charge < -0.3 is 0 Å². The molecule has 0 unspecified atom stereocenters. The molecular weight excluding hydrogens is 272 g/mol. The van der Waals surface area contributed by atoms with Crippen LogP contribution in [0.3, 0.4) is 0 Å². The summed E-state index contributed by atoms with van der Waals surface area (Å²) in [5.41, 5.74) is 5.02. The fourth-order valence-electron chi connectivity index (χ4n) is 1.83. The van der Waals surface area contributed by atoms with Crippen LogP contribution in [0.4, 0.5) is 0 Å². The second-order valence-electron chi connectivity index (χ2n) is 4.21. The van der Waals surface area contributed by atoms with E-state index in [0.29, 0.717) is 0 Å². The minimum atomic E-state index is 1.20. The summed E-state index contributed by atoms with van der Waals surface area (Å²) in [4.78, 5) is 0. The van der Waals surface area contributed by atoms with Crippen molar-refractivity contribution in [3.63, 3.8) is 0 Å². The van der Waals surface area contributed by atoms with Crippen LogP contribution in [0.25, 0.3) is 12.2 Å². The van der Waals surface area contributed by atoms with Gasteiger partial charge in [0.25, 0.3) is 0 Å². The summed E-state index contributed by atoms with van der Waals surface area (Å²) in [5.74, 6) is 0. The molecule has 0 spiro atoms. The SMILES string of the molecule is Cc1cc(/C=C/c2ccccc2)cc(C)c1Br. The van der Waals surface area contributed by atoms with E-state index < -0.39 is 0 Å². The van der Waals surface area contributed by atoms with Crippen LogP contribution in [-0.4, -0.2) is 0 Å². The zero-order chi connectivity index (χ0) is 12.3. The van der Waals surface area contributed by atoms with E-state index in [4.69, 9.17) is 0 Å². The standard InChI is InChI=1S/C16H15Br/c1-12-10-15(11-13(2)16(12)17)9-8-14-6-4-3-5-7-14/h3-11H,1-2H3/b9-8+. The second kappa shape index (κ2) is 5.33. The second-order valence-corrected chi connectivity index (χ2v) is 5.01. The Morgan fingerprint density at radius 1 is 0.824 bits per heavy atom. The molecule has 0 saturated carbocycles. The van der Waals surface area contributed by atoms with Crippen molar-refractivity contribution in [2.75, 3.05) is 0 Å². The van der Waals surface area contributed by atoms with Gasteiger partial charge >= 0.3 is 0 Å². The summed E-state index contributed by atoms with van der Waals surface area (Å²) in [5, 5.41) is 0. The largest absolute Gasteiger partial charge is 0.0622 e. The predicted molar refractivity (Wildman–Crippen MR) is 79.0 cm³/mol. The maximum absolute atomic E-state index is 3.59. The molecule has 0 heterocycles. The molecule has 0 N–H and O–H groups in total. The van der Waals surface area contributed by atoms with E-state index >= 15 is 0 Å². The molecule has 0 aliphatic heterocycles. The van der Waals surface area contributed by atoms with E-state index in [2.05, 4.69) is 78.3 Å². The maximum Gasteiger partial charge on any atom is 0.0234 e. The molecule has 0 aliphatic rings. The molecule has 17 heavy (non-hydrogen) atoms. The topological polar surface area (TPSA) is 0 Å². The highest BCUT2D eigenvalue weighted by molar-refractivity contribution is 9.10. The Hall–Kier alpha value is -1.34. The van der Waals surface area contributed by atoms with Gasteiger partial charge in [-0.3, -0.25) is 0 Å². The van der Waals surface area contributed by atoms with Gasteiger partial charge in [-0.05, 0) is 36.1 Å². The smallest absolute Gasteiger partial charge is 0.0234 e. The molecule has 0 aromatic heterocycles. The third-order valence-corrected chi connectivity index (χ3v) is 3.98. The monoisotopic (exact) mass is 286 g/mol. The van der Waals surface area contributed by atoms with Gasteiger partial charge in [0.1, 0.15) is 0 Å². The van der Waals surface area contributed by atoms with Gasteiger partial charge in [-0.15, -0.1) is 0 Å². The quantitative estimate of drug-likeness (QED) is 0.663. The molecule has 0 nitrogen and oxygen atoms in total. The number of benzene rings is 2. The van der Waals surface area contributed by atoms with Crippen LogP contribution in [-0.2, 0) is 0 Å². The molecule has 0 atom stereocenters. The van der Waals surface area contributed by atoms with Gasteiger partial charge in [0, 0.05) is 4.47 Å². The van der Waals surface area contributed by atoms with Crippen LogP contribution in [0.1, 0.15) is 22.3 Å². The normalized spacial score (nSPS) is 11.0. The maximum atomic E-state index is 3.59. The van der Waals surface area contributed by atoms with Gasteiger partial charge in [-0.25, -0.2) is 0 Å². The van der Waals surface area contributed by atoms with Crippen LogP contribution in [0, 0.1) is 13.8 Å². The number of hydrogen-bond donors (Lipinski definition) is 0. The lowest BCUT2D eigenvalue weighted by Gasteiger charge is -2.04. The molecule has 0 radical (unpaired) electrons. The van der Waals surface area contributed by atoms with Crippen molar-refractivity contribution in [1.82, 2.24) is 0 Å². The van der Waals surface area contributed by atoms with Crippen molar-refractivity contribution in [3.05, 3.63) is 69.2 Å². The van der Waals surface area contributed by atoms with Crippen molar-refractivity contribution in [1.29, 1.82) is 0 Å². The van der Waals surface area contributed by atoms with Crippen LogP contribution in [0.5, 0.6) is 0 Å². The summed E-state index contributed by atoms with van der Waals surface area (Å²) in [6, 6.07) is 14.7. The highest BCUT2D eigenvalue weighted by atomic mass is 79.9. The third-order valence-electron chi connectivity index (χ3n) is 2.73. The summed E-state index contributed by atoms with van der Waals surface area (Å²) >= 11 is 3.59. The Labute approximate surface area is 111 Å². The Morgan fingerprint density at radius 2 is 1.35 bits per heavy atom. The molecule has 1 heteroatoms. The lowest BCUT2D eigenvalue weighted by molar-refractivity contribution is 1.33. The lowest BCUT2D eigenvalue weighted by Crippen LogP contribution is -1.84. The molecule has 0 bridgehead atoms. The number of halogens is 1. The van der Waals surface area contributed by atoms with E-state index in [9.17, 15) is 0 Å². The highest BCUT2D eigenvalue weighted by Gasteiger charge is 1.99. The van der Waals surface area contributed by atoms with Crippen LogP contribution < -0.4 is 0 Å². The number of hydrogen-bond acceptors (Lipinski definition) is 0. The van der Waals surface area contributed by atoms with Crippen molar-refractivity contribution in [2.45, 2.75) is 13.8 Å². The first-order valence-electron chi connectivity index (χ1n) is 5.67. The zero-order valence-corrected chi connectivity index (χ0v) is 11.7. The van der Waals surface area contributed by atoms with Crippen molar-refractivity contribution < 1.29 is 0 Å². The van der Waals surface area contributed by atoms with Crippen molar-refractivity contribution in [3.8, 4) is 0 Å². The first-order valence-corrected chi connectivity index (χ1v) is 6.46. The van der Waals surface area contributed by atoms with Gasteiger partial charge in [-0.2, -0.15) is 0 Å². The molecular formula is C16H15Br. The average molecular weight is 287 g/mol. The number of aryl methyl sites for hydroxylation is 2. The molecule has 0 aliphatic carbocycles. The minimum Gasteiger partial charge on any atom is -0.0622 e. The Balaban J connectivity index is 2.28. The van der Waals surface area contributed by atoms with Crippen molar-refractivity contribution in [2.24, 2.45) is 0 Å². The molecule has 2 aromatic rings. The highest BCUT2D eigenvalue weighted by Crippen LogP contribution is 2.23. The van der Waals surface area contributed by atoms with Crippen LogP contribution in [0.15, 0.2) is 46.9 Å². The summed E-state index contributed by atoms with van der Waals surface area (Å²) in [6.45, 7) is 4.24. The summed E-state index contributed by atoms with van der Waals surface area (Å²) in [7, 11) is 0. The number of rotatable bonds is 2. The molecule has 0 fully saturated rings. The van der Waals surface area contributed by atoms with Gasteiger partial charge in [-0.1, -0.05) is 70.5 Å². The summed E-state index contributed by atoms with van der Waals surface area (Å²) < 4.78 is 1.20. The Morgan fingerprint density at radius 3 is 1.94 bits per heavy atom. The van der Waals surface area contributed by atoms with Crippen LogP contribution >= 0.6 is 15.9 Å². The van der Waals surface area contributed by atoms with Crippen molar-refractivity contribution >= 4 is 28.1 Å². The lowest BCUT2D eigenvalue weighted by atomic mass is 10.1. The fraction of sp³-hybridized carbons (Fsp3) is 0.125. The molecule has 0 amide bonds. The van der Waals surface area contributed by atoms with E-state index in [0.717, 1.165) is 0 Å². The Kier molecular flexibility index (Phi) is 3.80.